The van der Waals surface area contributed by atoms with Gasteiger partial charge in [-0.2, -0.15) is 0 Å². The van der Waals surface area contributed by atoms with E-state index in [2.05, 4.69) is 25.7 Å². The maximum atomic E-state index is 5.41. The SMILES string of the molecule is CCC(CC)N1CCOCC1C. The van der Waals surface area contributed by atoms with Gasteiger partial charge >= 0.3 is 0 Å². The molecule has 12 heavy (non-hydrogen) atoms. The summed E-state index contributed by atoms with van der Waals surface area (Å²) in [6.07, 6.45) is 2.53. The molecule has 0 aromatic heterocycles. The maximum Gasteiger partial charge on any atom is 0.0619 e. The van der Waals surface area contributed by atoms with E-state index in [9.17, 15) is 0 Å². The van der Waals surface area contributed by atoms with Gasteiger partial charge in [0.2, 0.25) is 0 Å². The smallest absolute Gasteiger partial charge is 0.0619 e. The molecule has 72 valence electrons. The number of nitrogens with zero attached hydrogens (tertiary/aromatic N) is 1. The molecule has 1 rings (SSSR count). The van der Waals surface area contributed by atoms with Crippen molar-refractivity contribution in [2.24, 2.45) is 0 Å². The third-order valence-corrected chi connectivity index (χ3v) is 2.83. The Labute approximate surface area is 75.9 Å². The van der Waals surface area contributed by atoms with Crippen molar-refractivity contribution in [2.45, 2.75) is 45.7 Å². The van der Waals surface area contributed by atoms with Crippen LogP contribution in [-0.2, 0) is 4.74 Å². The van der Waals surface area contributed by atoms with Crippen LogP contribution in [0.3, 0.4) is 0 Å². The Morgan fingerprint density at radius 2 is 2.08 bits per heavy atom. The molecule has 0 aromatic carbocycles. The summed E-state index contributed by atoms with van der Waals surface area (Å²) >= 11 is 0. The molecule has 0 aliphatic carbocycles. The molecule has 1 saturated heterocycles. The van der Waals surface area contributed by atoms with Crippen LogP contribution >= 0.6 is 0 Å². The fraction of sp³-hybridized carbons (Fsp3) is 1.00. The molecule has 1 aliphatic rings. The quantitative estimate of drug-likeness (QED) is 0.643. The van der Waals surface area contributed by atoms with Crippen molar-refractivity contribution in [1.29, 1.82) is 0 Å². The first kappa shape index (κ1) is 10.0. The normalized spacial score (nSPS) is 26.5. The van der Waals surface area contributed by atoms with Crippen LogP contribution in [0.25, 0.3) is 0 Å². The fourth-order valence-corrected chi connectivity index (χ4v) is 2.04. The molecule has 0 bridgehead atoms. The molecule has 0 aromatic rings. The average molecular weight is 171 g/mol. The van der Waals surface area contributed by atoms with Gasteiger partial charge in [0.15, 0.2) is 0 Å². The summed E-state index contributed by atoms with van der Waals surface area (Å²) in [6.45, 7) is 9.76. The Hall–Kier alpha value is -0.0800. The van der Waals surface area contributed by atoms with Crippen LogP contribution in [0.2, 0.25) is 0 Å². The number of hydrogen-bond acceptors (Lipinski definition) is 2. The van der Waals surface area contributed by atoms with Gasteiger partial charge in [0, 0.05) is 18.6 Å². The standard InChI is InChI=1S/C10H21NO/c1-4-10(5-2)11-6-7-12-8-9(11)3/h9-10H,4-8H2,1-3H3. The molecular formula is C10H21NO. The molecule has 1 fully saturated rings. The molecule has 1 atom stereocenters. The number of ether oxygens (including phenoxy) is 1. The molecule has 0 radical (unpaired) electrons. The lowest BCUT2D eigenvalue weighted by atomic mass is 10.1. The summed E-state index contributed by atoms with van der Waals surface area (Å²) in [6, 6.07) is 1.38. The van der Waals surface area contributed by atoms with Crippen LogP contribution in [0, 0.1) is 0 Å². The fourth-order valence-electron chi connectivity index (χ4n) is 2.04. The zero-order valence-corrected chi connectivity index (χ0v) is 8.55. The molecule has 0 N–H and O–H groups in total. The van der Waals surface area contributed by atoms with Gasteiger partial charge in [0.05, 0.1) is 13.2 Å². The van der Waals surface area contributed by atoms with Gasteiger partial charge < -0.3 is 4.74 Å². The van der Waals surface area contributed by atoms with E-state index in [-0.39, 0.29) is 0 Å². The first-order valence-electron chi connectivity index (χ1n) is 5.13. The summed E-state index contributed by atoms with van der Waals surface area (Å²) in [5, 5.41) is 0. The zero-order valence-electron chi connectivity index (χ0n) is 8.55. The number of hydrogen-bond donors (Lipinski definition) is 0. The van der Waals surface area contributed by atoms with Crippen LogP contribution in [-0.4, -0.2) is 36.7 Å². The maximum absolute atomic E-state index is 5.41. The monoisotopic (exact) mass is 171 g/mol. The van der Waals surface area contributed by atoms with Gasteiger partial charge in [-0.05, 0) is 19.8 Å². The van der Waals surface area contributed by atoms with Crippen molar-refractivity contribution in [3.8, 4) is 0 Å². The second-order valence-corrected chi connectivity index (χ2v) is 3.63. The Balaban J connectivity index is 2.45. The van der Waals surface area contributed by atoms with Gasteiger partial charge in [0.1, 0.15) is 0 Å². The van der Waals surface area contributed by atoms with E-state index in [1.807, 2.05) is 0 Å². The lowest BCUT2D eigenvalue weighted by Crippen LogP contribution is -2.48. The second kappa shape index (κ2) is 4.83. The van der Waals surface area contributed by atoms with E-state index in [4.69, 9.17) is 4.74 Å². The summed E-state index contributed by atoms with van der Waals surface area (Å²) in [7, 11) is 0. The van der Waals surface area contributed by atoms with Crippen molar-refractivity contribution in [2.75, 3.05) is 19.8 Å². The third kappa shape index (κ3) is 2.20. The summed E-state index contributed by atoms with van der Waals surface area (Å²) in [5.41, 5.74) is 0. The van der Waals surface area contributed by atoms with Gasteiger partial charge in [-0.25, -0.2) is 0 Å². The summed E-state index contributed by atoms with van der Waals surface area (Å²) in [4.78, 5) is 2.59. The Morgan fingerprint density at radius 1 is 1.42 bits per heavy atom. The zero-order chi connectivity index (χ0) is 8.97. The van der Waals surface area contributed by atoms with E-state index >= 15 is 0 Å². The van der Waals surface area contributed by atoms with Gasteiger partial charge in [0.25, 0.3) is 0 Å². The highest BCUT2D eigenvalue weighted by Gasteiger charge is 2.23. The minimum Gasteiger partial charge on any atom is -0.379 e. The molecule has 1 unspecified atom stereocenters. The van der Waals surface area contributed by atoms with Crippen molar-refractivity contribution >= 4 is 0 Å². The third-order valence-electron chi connectivity index (χ3n) is 2.83. The highest BCUT2D eigenvalue weighted by atomic mass is 16.5. The second-order valence-electron chi connectivity index (χ2n) is 3.63. The number of morpholine rings is 1. The molecule has 1 heterocycles. The Kier molecular flexibility index (Phi) is 4.02. The highest BCUT2D eigenvalue weighted by molar-refractivity contribution is 4.77. The minimum absolute atomic E-state index is 0.614. The average Bonchev–Trinajstić information content (AvgIpc) is 2.10. The summed E-state index contributed by atoms with van der Waals surface area (Å²) < 4.78 is 5.41. The predicted octanol–water partition coefficient (Wildman–Crippen LogP) is 1.90. The van der Waals surface area contributed by atoms with Crippen LogP contribution in [0.1, 0.15) is 33.6 Å². The van der Waals surface area contributed by atoms with Crippen molar-refractivity contribution in [1.82, 2.24) is 4.90 Å². The molecule has 0 spiro atoms. The van der Waals surface area contributed by atoms with Crippen LogP contribution in [0.5, 0.6) is 0 Å². The van der Waals surface area contributed by atoms with E-state index in [1.165, 1.54) is 12.8 Å². The van der Waals surface area contributed by atoms with Crippen molar-refractivity contribution < 1.29 is 4.74 Å². The lowest BCUT2D eigenvalue weighted by molar-refractivity contribution is -0.0234. The topological polar surface area (TPSA) is 12.5 Å². The van der Waals surface area contributed by atoms with Crippen LogP contribution in [0.4, 0.5) is 0 Å². The van der Waals surface area contributed by atoms with Crippen LogP contribution in [0.15, 0.2) is 0 Å². The lowest BCUT2D eigenvalue weighted by Gasteiger charge is -2.38. The van der Waals surface area contributed by atoms with E-state index in [0.29, 0.717) is 6.04 Å². The molecule has 2 heteroatoms. The summed E-state index contributed by atoms with van der Waals surface area (Å²) in [5.74, 6) is 0. The largest absolute Gasteiger partial charge is 0.379 e. The molecular weight excluding hydrogens is 150 g/mol. The molecule has 0 amide bonds. The van der Waals surface area contributed by atoms with Gasteiger partial charge in [-0.3, -0.25) is 4.90 Å². The first-order valence-corrected chi connectivity index (χ1v) is 5.13. The van der Waals surface area contributed by atoms with Gasteiger partial charge in [-0.1, -0.05) is 13.8 Å². The highest BCUT2D eigenvalue weighted by Crippen LogP contribution is 2.15. The van der Waals surface area contributed by atoms with Crippen molar-refractivity contribution in [3.05, 3.63) is 0 Å². The Bertz CT molecular complexity index is 123. The predicted molar refractivity (Wildman–Crippen MR) is 51.4 cm³/mol. The van der Waals surface area contributed by atoms with Gasteiger partial charge in [-0.15, -0.1) is 0 Å². The van der Waals surface area contributed by atoms with Crippen LogP contribution < -0.4 is 0 Å². The van der Waals surface area contributed by atoms with E-state index in [0.717, 1.165) is 25.8 Å². The first-order chi connectivity index (χ1) is 5.79. The number of rotatable bonds is 3. The molecule has 0 saturated carbocycles. The molecule has 2 nitrogen and oxygen atoms in total. The van der Waals surface area contributed by atoms with E-state index < -0.39 is 0 Å². The molecule has 1 aliphatic heterocycles. The minimum atomic E-state index is 0.614. The van der Waals surface area contributed by atoms with Crippen molar-refractivity contribution in [3.63, 3.8) is 0 Å². The van der Waals surface area contributed by atoms with E-state index in [1.54, 1.807) is 0 Å². The Morgan fingerprint density at radius 3 is 2.58 bits per heavy atom.